The molecular weight excluding hydrogens is 434 g/mol. The Kier molecular flexibility index (Phi) is 7.87. The van der Waals surface area contributed by atoms with Crippen molar-refractivity contribution in [1.82, 2.24) is 5.32 Å². The van der Waals surface area contributed by atoms with Gasteiger partial charge in [0, 0.05) is 19.0 Å². The van der Waals surface area contributed by atoms with Crippen LogP contribution in [0.2, 0.25) is 0 Å². The second kappa shape index (κ2) is 10.4. The number of halogens is 2. The minimum Gasteiger partial charge on any atom is -0.349 e. The predicted molar refractivity (Wildman–Crippen MR) is 122 cm³/mol. The maximum Gasteiger partial charge on any atom is 0.232 e. The van der Waals surface area contributed by atoms with Crippen molar-refractivity contribution in [2.24, 2.45) is 0 Å². The van der Waals surface area contributed by atoms with Gasteiger partial charge in [0.25, 0.3) is 0 Å². The topological polar surface area (TPSA) is 66.5 Å². The van der Waals surface area contributed by atoms with Gasteiger partial charge in [-0.1, -0.05) is 25.1 Å². The highest BCUT2D eigenvalue weighted by molar-refractivity contribution is 7.92. The number of benzene rings is 2. The maximum absolute atomic E-state index is 13.6. The summed E-state index contributed by atoms with van der Waals surface area (Å²) < 4.78 is 52.0. The van der Waals surface area contributed by atoms with Crippen LogP contribution in [0.25, 0.3) is 0 Å². The van der Waals surface area contributed by atoms with Crippen molar-refractivity contribution in [2.45, 2.75) is 57.9 Å². The molecule has 0 radical (unpaired) electrons. The SMILES string of the molecule is CCC(NC(=O)CCCN(c1ccc(F)c(F)c1)S(C)(=O)=O)c1ccc2c(c1)CCCC2. The van der Waals surface area contributed by atoms with Crippen LogP contribution in [-0.4, -0.2) is 27.1 Å². The molecule has 174 valence electrons. The number of amides is 1. The van der Waals surface area contributed by atoms with E-state index in [0.29, 0.717) is 0 Å². The lowest BCUT2D eigenvalue weighted by molar-refractivity contribution is -0.121. The maximum atomic E-state index is 13.6. The molecule has 1 N–H and O–H groups in total. The van der Waals surface area contributed by atoms with Crippen LogP contribution in [0.4, 0.5) is 14.5 Å². The van der Waals surface area contributed by atoms with Gasteiger partial charge in [-0.3, -0.25) is 9.10 Å². The summed E-state index contributed by atoms with van der Waals surface area (Å²) in [6.07, 6.45) is 6.69. The number of anilines is 1. The lowest BCUT2D eigenvalue weighted by Gasteiger charge is -2.23. The highest BCUT2D eigenvalue weighted by Gasteiger charge is 2.20. The number of carbonyl (C=O) groups excluding carboxylic acids is 1. The van der Waals surface area contributed by atoms with Crippen LogP contribution in [0, 0.1) is 11.6 Å². The van der Waals surface area contributed by atoms with E-state index in [1.165, 1.54) is 30.0 Å². The Morgan fingerprint density at radius 1 is 1.06 bits per heavy atom. The monoisotopic (exact) mass is 464 g/mol. The fourth-order valence-electron chi connectivity index (χ4n) is 4.17. The molecule has 0 fully saturated rings. The van der Waals surface area contributed by atoms with Gasteiger partial charge in [0.15, 0.2) is 11.6 Å². The van der Waals surface area contributed by atoms with Gasteiger partial charge in [-0.15, -0.1) is 0 Å². The van der Waals surface area contributed by atoms with Crippen molar-refractivity contribution in [3.05, 3.63) is 64.7 Å². The summed E-state index contributed by atoms with van der Waals surface area (Å²) >= 11 is 0. The van der Waals surface area contributed by atoms with Gasteiger partial charge in [0.2, 0.25) is 15.9 Å². The second-order valence-electron chi connectivity index (χ2n) is 8.30. The van der Waals surface area contributed by atoms with E-state index in [4.69, 9.17) is 0 Å². The number of aryl methyl sites for hydroxylation is 2. The molecule has 0 aliphatic heterocycles. The Bertz CT molecular complexity index is 1070. The largest absolute Gasteiger partial charge is 0.349 e. The molecule has 2 aromatic rings. The molecule has 1 atom stereocenters. The first-order chi connectivity index (χ1) is 15.2. The molecule has 1 aliphatic rings. The summed E-state index contributed by atoms with van der Waals surface area (Å²) in [6.45, 7) is 2.01. The number of carbonyl (C=O) groups is 1. The van der Waals surface area contributed by atoms with E-state index in [0.717, 1.165) is 47.5 Å². The van der Waals surface area contributed by atoms with Gasteiger partial charge in [-0.05, 0) is 67.3 Å². The van der Waals surface area contributed by atoms with Gasteiger partial charge >= 0.3 is 0 Å². The molecule has 0 heterocycles. The zero-order valence-electron chi connectivity index (χ0n) is 18.5. The van der Waals surface area contributed by atoms with Gasteiger partial charge in [0.05, 0.1) is 18.0 Å². The van der Waals surface area contributed by atoms with Gasteiger partial charge < -0.3 is 5.32 Å². The summed E-state index contributed by atoms with van der Waals surface area (Å²) in [5, 5.41) is 3.04. The zero-order chi connectivity index (χ0) is 23.3. The average molecular weight is 465 g/mol. The van der Waals surface area contributed by atoms with E-state index in [1.807, 2.05) is 6.92 Å². The molecule has 1 unspecified atom stereocenters. The third-order valence-electron chi connectivity index (χ3n) is 5.87. The number of fused-ring (bicyclic) bond motifs is 1. The first-order valence-electron chi connectivity index (χ1n) is 11.0. The number of sulfonamides is 1. The van der Waals surface area contributed by atoms with Crippen molar-refractivity contribution in [2.75, 3.05) is 17.1 Å². The molecule has 5 nitrogen and oxygen atoms in total. The van der Waals surface area contributed by atoms with Crippen LogP contribution in [0.15, 0.2) is 36.4 Å². The number of rotatable bonds is 9. The van der Waals surface area contributed by atoms with Crippen LogP contribution in [0.3, 0.4) is 0 Å². The van der Waals surface area contributed by atoms with Crippen LogP contribution in [-0.2, 0) is 27.7 Å². The van der Waals surface area contributed by atoms with Crippen LogP contribution in [0.5, 0.6) is 0 Å². The molecule has 0 spiro atoms. The fraction of sp³-hybridized carbons (Fsp3) is 0.458. The Hall–Kier alpha value is -2.48. The first kappa shape index (κ1) is 24.2. The van der Waals surface area contributed by atoms with Gasteiger partial charge in [-0.25, -0.2) is 17.2 Å². The van der Waals surface area contributed by atoms with Crippen molar-refractivity contribution in [3.63, 3.8) is 0 Å². The number of nitrogens with zero attached hydrogens (tertiary/aromatic N) is 1. The summed E-state index contributed by atoms with van der Waals surface area (Å²) in [5.74, 6) is -2.34. The fourth-order valence-corrected chi connectivity index (χ4v) is 5.12. The van der Waals surface area contributed by atoms with Crippen molar-refractivity contribution in [3.8, 4) is 0 Å². The first-order valence-corrected chi connectivity index (χ1v) is 12.9. The van der Waals surface area contributed by atoms with E-state index < -0.39 is 21.7 Å². The summed E-state index contributed by atoms with van der Waals surface area (Å²) in [6, 6.07) is 9.27. The minimum atomic E-state index is -3.71. The van der Waals surface area contributed by atoms with Crippen LogP contribution in [0.1, 0.15) is 61.8 Å². The highest BCUT2D eigenvalue weighted by Crippen LogP contribution is 2.26. The number of hydrogen-bond donors (Lipinski definition) is 1. The lowest BCUT2D eigenvalue weighted by Crippen LogP contribution is -2.33. The summed E-state index contributed by atoms with van der Waals surface area (Å²) in [4.78, 5) is 12.6. The standard InChI is InChI=1S/C24H30F2N2O3S/c1-3-23(19-11-10-17-7-4-5-8-18(17)15-19)27-24(29)9-6-14-28(32(2,30)31)20-12-13-21(25)22(26)16-20/h10-13,15-16,23H,3-9,14H2,1-2H3,(H,27,29). The Morgan fingerprint density at radius 3 is 2.44 bits per heavy atom. The highest BCUT2D eigenvalue weighted by atomic mass is 32.2. The molecule has 0 saturated carbocycles. The molecule has 0 saturated heterocycles. The molecule has 1 amide bonds. The minimum absolute atomic E-state index is 0.00698. The summed E-state index contributed by atoms with van der Waals surface area (Å²) in [7, 11) is -3.71. The van der Waals surface area contributed by atoms with Crippen molar-refractivity contribution >= 4 is 21.6 Å². The average Bonchev–Trinajstić information content (AvgIpc) is 2.76. The van der Waals surface area contributed by atoms with Gasteiger partial charge in [-0.2, -0.15) is 0 Å². The normalized spacial score (nSPS) is 14.5. The molecule has 2 aromatic carbocycles. The zero-order valence-corrected chi connectivity index (χ0v) is 19.4. The molecule has 3 rings (SSSR count). The van der Waals surface area contributed by atoms with Crippen molar-refractivity contribution in [1.29, 1.82) is 0 Å². The Morgan fingerprint density at radius 2 is 1.78 bits per heavy atom. The number of hydrogen-bond acceptors (Lipinski definition) is 3. The Labute approximate surface area is 188 Å². The van der Waals surface area contributed by atoms with E-state index in [2.05, 4.69) is 23.5 Å². The lowest BCUT2D eigenvalue weighted by atomic mass is 9.89. The molecule has 8 heteroatoms. The van der Waals surface area contributed by atoms with Crippen molar-refractivity contribution < 1.29 is 22.0 Å². The second-order valence-corrected chi connectivity index (χ2v) is 10.2. The summed E-state index contributed by atoms with van der Waals surface area (Å²) in [5.41, 5.74) is 3.87. The Balaban J connectivity index is 1.60. The van der Waals surface area contributed by atoms with Gasteiger partial charge in [0.1, 0.15) is 0 Å². The van der Waals surface area contributed by atoms with E-state index in [1.54, 1.807) is 0 Å². The van der Waals surface area contributed by atoms with E-state index >= 15 is 0 Å². The quantitative estimate of drug-likeness (QED) is 0.587. The molecule has 1 aliphatic carbocycles. The van der Waals surface area contributed by atoms with Crippen LogP contribution < -0.4 is 9.62 Å². The smallest absolute Gasteiger partial charge is 0.232 e. The van der Waals surface area contributed by atoms with E-state index in [9.17, 15) is 22.0 Å². The van der Waals surface area contributed by atoms with Crippen LogP contribution >= 0.6 is 0 Å². The third-order valence-corrected chi connectivity index (χ3v) is 7.07. The molecular formula is C24H30F2N2O3S. The molecule has 0 bridgehead atoms. The third kappa shape index (κ3) is 6.06. The molecule has 32 heavy (non-hydrogen) atoms. The number of nitrogens with one attached hydrogen (secondary N) is 1. The molecule has 0 aromatic heterocycles. The predicted octanol–water partition coefficient (Wildman–Crippen LogP) is 4.66. The van der Waals surface area contributed by atoms with E-state index in [-0.39, 0.29) is 37.0 Å².